The maximum atomic E-state index is 13.6. The maximum absolute atomic E-state index is 13.6. The number of phenols is 1. The monoisotopic (exact) mass is 667 g/mol. The van der Waals surface area contributed by atoms with Crippen LogP contribution in [0.15, 0.2) is 84.1 Å². The van der Waals surface area contributed by atoms with Crippen LogP contribution in [0, 0.1) is 11.8 Å². The molecule has 0 saturated heterocycles. The van der Waals surface area contributed by atoms with Gasteiger partial charge in [0.2, 0.25) is 5.71 Å². The van der Waals surface area contributed by atoms with E-state index in [0.29, 0.717) is 59.3 Å². The van der Waals surface area contributed by atoms with Gasteiger partial charge < -0.3 is 24.2 Å². The van der Waals surface area contributed by atoms with Crippen molar-refractivity contribution in [2.75, 3.05) is 25.1 Å². The van der Waals surface area contributed by atoms with E-state index in [1.54, 1.807) is 12.1 Å². The zero-order chi connectivity index (χ0) is 34.0. The number of benzene rings is 3. The molecule has 9 heteroatoms. The lowest BCUT2D eigenvalue weighted by molar-refractivity contribution is -0.606. The summed E-state index contributed by atoms with van der Waals surface area (Å²) >= 11 is 7.05. The second kappa shape index (κ2) is 11.8. The lowest BCUT2D eigenvalue weighted by Crippen LogP contribution is -2.50. The molecule has 0 aromatic heterocycles. The van der Waals surface area contributed by atoms with Crippen molar-refractivity contribution in [3.8, 4) is 11.5 Å². The van der Waals surface area contributed by atoms with E-state index in [1.165, 1.54) is 5.57 Å². The average Bonchev–Trinajstić information content (AvgIpc) is 3.34. The Kier molecular flexibility index (Phi) is 7.90. The molecule has 1 N–H and O–H groups in total. The van der Waals surface area contributed by atoms with E-state index in [-0.39, 0.29) is 29.1 Å². The summed E-state index contributed by atoms with van der Waals surface area (Å²) in [7, 11) is 1.90. The van der Waals surface area contributed by atoms with Crippen LogP contribution in [0.5, 0.6) is 11.5 Å². The molecule has 7 rings (SSSR count). The molecule has 3 aliphatic heterocycles. The maximum Gasteiger partial charge on any atom is 0.339 e. The van der Waals surface area contributed by atoms with Crippen LogP contribution in [0.3, 0.4) is 0 Å². The molecule has 0 radical (unpaired) electrons. The number of aromatic hydroxyl groups is 1. The normalized spacial score (nSPS) is 23.2. The van der Waals surface area contributed by atoms with Gasteiger partial charge in [0, 0.05) is 54.4 Å². The summed E-state index contributed by atoms with van der Waals surface area (Å²) in [4.78, 5) is 27.7. The van der Waals surface area contributed by atoms with Crippen molar-refractivity contribution < 1.29 is 33.5 Å². The van der Waals surface area contributed by atoms with E-state index < -0.39 is 11.5 Å². The average molecular weight is 668 g/mol. The molecule has 248 valence electrons. The van der Waals surface area contributed by atoms with Gasteiger partial charge in [-0.25, -0.2) is 9.37 Å². The fraction of sp³-hybridized carbons (Fsp3) is 0.359. The predicted octanol–water partition coefficient (Wildman–Crippen LogP) is 7.68. The Bertz CT molecular complexity index is 1930. The van der Waals surface area contributed by atoms with E-state index in [0.717, 1.165) is 23.4 Å². The summed E-state index contributed by atoms with van der Waals surface area (Å²) in [5.74, 6) is 0.610. The van der Waals surface area contributed by atoms with Gasteiger partial charge in [0.05, 0.1) is 35.2 Å². The number of hydrogen-bond donors (Lipinski definition) is 1. The quantitative estimate of drug-likeness (QED) is 0.204. The Morgan fingerprint density at radius 1 is 1.12 bits per heavy atom. The van der Waals surface area contributed by atoms with Crippen LogP contribution < -0.4 is 9.64 Å². The van der Waals surface area contributed by atoms with Crippen LogP contribution in [0.4, 0.5) is 11.4 Å². The molecule has 0 fully saturated rings. The van der Waals surface area contributed by atoms with E-state index >= 15 is 0 Å². The lowest BCUT2D eigenvalue weighted by Gasteiger charge is -2.44. The number of ether oxygens (including phenoxy) is 3. The van der Waals surface area contributed by atoms with Crippen molar-refractivity contribution >= 4 is 40.6 Å². The van der Waals surface area contributed by atoms with Gasteiger partial charge in [-0.2, -0.15) is 0 Å². The van der Waals surface area contributed by atoms with Crippen LogP contribution in [0.25, 0.3) is 0 Å². The minimum atomic E-state index is -1.19. The molecule has 3 atom stereocenters. The first-order valence-electron chi connectivity index (χ1n) is 16.6. The SMILES string of the molecule is CCOC(=O)CCC[N+]1=C2C=C3Oc4cc(N(C)c5ccc(O)cc5)c(Cl)cc4C4(OC(=O)c5ccccc54)C3C=C2C(C)CC1(C)C. The van der Waals surface area contributed by atoms with Crippen LogP contribution in [0.1, 0.15) is 68.4 Å². The molecule has 0 amide bonds. The predicted molar refractivity (Wildman–Crippen MR) is 184 cm³/mol. The molecule has 3 unspecified atom stereocenters. The van der Waals surface area contributed by atoms with Crippen molar-refractivity contribution in [1.29, 1.82) is 0 Å². The number of fused-ring (bicyclic) bond motifs is 7. The Balaban J connectivity index is 1.40. The smallest absolute Gasteiger partial charge is 0.339 e. The molecule has 3 heterocycles. The number of nitrogens with zero attached hydrogens (tertiary/aromatic N) is 2. The molecule has 8 nitrogen and oxygen atoms in total. The zero-order valence-electron chi connectivity index (χ0n) is 27.9. The van der Waals surface area contributed by atoms with Crippen LogP contribution in [-0.2, 0) is 19.9 Å². The number of esters is 2. The summed E-state index contributed by atoms with van der Waals surface area (Å²) in [6, 6.07) is 18.2. The number of carbonyl (C=O) groups excluding carboxylic acids is 2. The first-order chi connectivity index (χ1) is 22.9. The number of phenolic OH excluding ortho intramolecular Hbond substituents is 1. The van der Waals surface area contributed by atoms with Gasteiger partial charge in [-0.1, -0.05) is 42.8 Å². The molecule has 0 saturated carbocycles. The largest absolute Gasteiger partial charge is 0.508 e. The Hall–Kier alpha value is -4.56. The molecule has 0 bridgehead atoms. The zero-order valence-corrected chi connectivity index (χ0v) is 28.6. The highest BCUT2D eigenvalue weighted by molar-refractivity contribution is 6.33. The summed E-state index contributed by atoms with van der Waals surface area (Å²) in [6.45, 7) is 9.59. The molecule has 1 spiro atoms. The van der Waals surface area contributed by atoms with E-state index in [4.69, 9.17) is 25.8 Å². The van der Waals surface area contributed by atoms with E-state index in [2.05, 4.69) is 37.5 Å². The third-order valence-corrected chi connectivity index (χ3v) is 10.5. The minimum absolute atomic E-state index is 0.172. The fourth-order valence-electron chi connectivity index (χ4n) is 8.01. The standard InChI is InChI=1S/C39H39ClN2O6/c1-6-46-36(44)12-9-17-42-32-20-34-29(18-27(32)23(2)22-38(42,3)4)39(28-11-8-7-10-26(28)37(45)48-39)30-19-31(40)33(21-35(30)47-34)41(5)24-13-15-25(43)16-14-24/h7-8,10-11,13-16,18-21,23,29H,6,9,12,17,22H2,1-5H3/p+1. The summed E-state index contributed by atoms with van der Waals surface area (Å²) in [5, 5.41) is 10.3. The van der Waals surface area contributed by atoms with Gasteiger partial charge in [0.15, 0.2) is 11.1 Å². The Morgan fingerprint density at radius 2 is 1.88 bits per heavy atom. The Morgan fingerprint density at radius 3 is 2.62 bits per heavy atom. The lowest BCUT2D eigenvalue weighted by atomic mass is 9.68. The molecular weight excluding hydrogens is 628 g/mol. The van der Waals surface area contributed by atoms with Crippen molar-refractivity contribution in [3.05, 3.63) is 106 Å². The van der Waals surface area contributed by atoms with Crippen LogP contribution in [0.2, 0.25) is 5.02 Å². The van der Waals surface area contributed by atoms with Crippen LogP contribution in [-0.4, -0.2) is 53.1 Å². The third kappa shape index (κ3) is 5.09. The Labute approximate surface area is 285 Å². The molecule has 48 heavy (non-hydrogen) atoms. The number of carbonyl (C=O) groups is 2. The first kappa shape index (κ1) is 32.0. The second-order valence-electron chi connectivity index (χ2n) is 13.7. The minimum Gasteiger partial charge on any atom is -0.508 e. The third-order valence-electron chi connectivity index (χ3n) is 10.2. The number of halogens is 1. The van der Waals surface area contributed by atoms with Crippen molar-refractivity contribution in [2.24, 2.45) is 11.8 Å². The van der Waals surface area contributed by atoms with Crippen molar-refractivity contribution in [1.82, 2.24) is 0 Å². The van der Waals surface area contributed by atoms with E-state index in [1.807, 2.05) is 67.4 Å². The fourth-order valence-corrected chi connectivity index (χ4v) is 8.30. The first-order valence-corrected chi connectivity index (χ1v) is 16.9. The number of allylic oxidation sites excluding steroid dienone is 2. The summed E-state index contributed by atoms with van der Waals surface area (Å²) in [5.41, 5.74) is 4.38. The highest BCUT2D eigenvalue weighted by Crippen LogP contribution is 2.59. The van der Waals surface area contributed by atoms with Gasteiger partial charge in [-0.05, 0) is 63.1 Å². The number of anilines is 2. The van der Waals surface area contributed by atoms with E-state index in [9.17, 15) is 14.7 Å². The number of rotatable bonds is 7. The molecule has 3 aromatic carbocycles. The van der Waals surface area contributed by atoms with Crippen molar-refractivity contribution in [2.45, 2.75) is 58.1 Å². The van der Waals surface area contributed by atoms with Gasteiger partial charge >= 0.3 is 11.9 Å². The summed E-state index contributed by atoms with van der Waals surface area (Å²) < 4.78 is 20.9. The van der Waals surface area contributed by atoms with Gasteiger partial charge in [0.1, 0.15) is 23.8 Å². The second-order valence-corrected chi connectivity index (χ2v) is 14.1. The highest BCUT2D eigenvalue weighted by atomic mass is 35.5. The van der Waals surface area contributed by atoms with Gasteiger partial charge in [-0.3, -0.25) is 4.79 Å². The number of hydrogen-bond acceptors (Lipinski definition) is 7. The molecule has 4 aliphatic rings. The summed E-state index contributed by atoms with van der Waals surface area (Å²) in [6.07, 6.45) is 6.26. The van der Waals surface area contributed by atoms with Crippen LogP contribution >= 0.6 is 11.6 Å². The molecular formula is C39H40ClN2O6+. The topological polar surface area (TPSA) is 88.3 Å². The van der Waals surface area contributed by atoms with Crippen molar-refractivity contribution in [3.63, 3.8) is 0 Å². The highest BCUT2D eigenvalue weighted by Gasteiger charge is 2.59. The molecule has 1 aliphatic carbocycles. The van der Waals surface area contributed by atoms with Gasteiger partial charge in [-0.15, -0.1) is 0 Å². The molecule has 3 aromatic rings. The van der Waals surface area contributed by atoms with Gasteiger partial charge in [0.25, 0.3) is 0 Å².